The second-order valence-electron chi connectivity index (χ2n) is 4.46. The van der Waals surface area contributed by atoms with Crippen LogP contribution in [0.4, 0.5) is 0 Å². The Bertz CT molecular complexity index is 627. The molecular formula is C19H18OS. The number of hydrogen-bond donors (Lipinski definition) is 0. The van der Waals surface area contributed by atoms with Gasteiger partial charge in [-0.15, -0.1) is 0 Å². The third kappa shape index (κ3) is 5.01. The molecule has 0 heterocycles. The normalized spacial score (nSPS) is 11.6. The molecule has 0 aromatic heterocycles. The van der Waals surface area contributed by atoms with E-state index in [1.54, 1.807) is 0 Å². The molecule has 0 bridgehead atoms. The number of thiocarbonyl (C=S) groups is 1. The molecule has 0 amide bonds. The van der Waals surface area contributed by atoms with E-state index in [2.05, 4.69) is 36.4 Å². The maximum Gasteiger partial charge on any atom is 0.184 e. The van der Waals surface area contributed by atoms with E-state index in [1.807, 2.05) is 49.4 Å². The van der Waals surface area contributed by atoms with Crippen LogP contribution < -0.4 is 0 Å². The van der Waals surface area contributed by atoms with Gasteiger partial charge in [-0.05, 0) is 41.9 Å². The van der Waals surface area contributed by atoms with Crippen LogP contribution in [0.25, 0.3) is 11.6 Å². The molecule has 106 valence electrons. The Morgan fingerprint density at radius 3 is 2.24 bits per heavy atom. The molecule has 0 unspecified atom stereocenters. The van der Waals surface area contributed by atoms with Crippen molar-refractivity contribution in [2.24, 2.45) is 0 Å². The average molecular weight is 294 g/mol. The molecule has 2 aromatic rings. The summed E-state index contributed by atoms with van der Waals surface area (Å²) in [6.07, 6.45) is 6.04. The predicted octanol–water partition coefficient (Wildman–Crippen LogP) is 5.15. The molecule has 21 heavy (non-hydrogen) atoms. The lowest BCUT2D eigenvalue weighted by molar-refractivity contribution is 0.339. The molecule has 0 aliphatic carbocycles. The zero-order valence-corrected chi connectivity index (χ0v) is 12.8. The Labute approximate surface area is 131 Å². The summed E-state index contributed by atoms with van der Waals surface area (Å²) >= 11 is 5.23. The first-order valence-corrected chi connectivity index (χ1v) is 7.37. The monoisotopic (exact) mass is 294 g/mol. The van der Waals surface area contributed by atoms with Crippen molar-refractivity contribution in [3.63, 3.8) is 0 Å². The predicted molar refractivity (Wildman–Crippen MR) is 94.1 cm³/mol. The quantitative estimate of drug-likeness (QED) is 0.428. The first kappa shape index (κ1) is 15.2. The molecule has 0 aliphatic rings. The fraction of sp³-hybridized carbons (Fsp3) is 0.105. The summed E-state index contributed by atoms with van der Waals surface area (Å²) in [7, 11) is 0. The molecule has 0 fully saturated rings. The van der Waals surface area contributed by atoms with Crippen LogP contribution in [0.5, 0.6) is 0 Å². The fourth-order valence-electron chi connectivity index (χ4n) is 1.92. The topological polar surface area (TPSA) is 9.23 Å². The van der Waals surface area contributed by atoms with Crippen molar-refractivity contribution in [2.45, 2.75) is 6.92 Å². The molecule has 2 heteroatoms. The lowest BCUT2D eigenvalue weighted by Gasteiger charge is -2.05. The summed E-state index contributed by atoms with van der Waals surface area (Å²) in [6.45, 7) is 2.52. The van der Waals surface area contributed by atoms with Crippen molar-refractivity contribution >= 4 is 28.9 Å². The van der Waals surface area contributed by atoms with Crippen molar-refractivity contribution in [2.75, 3.05) is 6.61 Å². The summed E-state index contributed by atoms with van der Waals surface area (Å²) in [5.74, 6) is 0. The number of benzene rings is 2. The highest BCUT2D eigenvalue weighted by Gasteiger charge is 2.00. The van der Waals surface area contributed by atoms with Crippen LogP contribution in [-0.2, 0) is 4.74 Å². The number of allylic oxidation sites excluding steroid dienone is 2. The molecule has 1 nitrogen and oxygen atoms in total. The smallest absolute Gasteiger partial charge is 0.184 e. The van der Waals surface area contributed by atoms with E-state index in [-0.39, 0.29) is 0 Å². The first-order chi connectivity index (χ1) is 10.3. The van der Waals surface area contributed by atoms with Gasteiger partial charge in [0.05, 0.1) is 6.61 Å². The van der Waals surface area contributed by atoms with Crippen LogP contribution >= 0.6 is 12.2 Å². The Morgan fingerprint density at radius 2 is 1.62 bits per heavy atom. The third-order valence-electron chi connectivity index (χ3n) is 2.92. The van der Waals surface area contributed by atoms with Crippen LogP contribution in [0, 0.1) is 0 Å². The minimum Gasteiger partial charge on any atom is -0.484 e. The van der Waals surface area contributed by atoms with Gasteiger partial charge >= 0.3 is 0 Å². The summed E-state index contributed by atoms with van der Waals surface area (Å²) in [6, 6.07) is 20.4. The average Bonchev–Trinajstić information content (AvgIpc) is 2.53. The Kier molecular flexibility index (Phi) is 5.92. The lowest BCUT2D eigenvalue weighted by atomic mass is 10.0. The van der Waals surface area contributed by atoms with E-state index >= 15 is 0 Å². The van der Waals surface area contributed by atoms with Gasteiger partial charge in [-0.1, -0.05) is 72.8 Å². The maximum atomic E-state index is 5.37. The summed E-state index contributed by atoms with van der Waals surface area (Å²) < 4.78 is 5.37. The van der Waals surface area contributed by atoms with E-state index < -0.39 is 0 Å². The van der Waals surface area contributed by atoms with Crippen LogP contribution in [0.3, 0.4) is 0 Å². The van der Waals surface area contributed by atoms with Crippen molar-refractivity contribution in [3.8, 4) is 0 Å². The summed E-state index contributed by atoms with van der Waals surface area (Å²) in [5.41, 5.74) is 3.31. The molecule has 0 spiro atoms. The van der Waals surface area contributed by atoms with Crippen molar-refractivity contribution < 1.29 is 4.74 Å². The highest BCUT2D eigenvalue weighted by atomic mass is 32.1. The number of ether oxygens (including phenoxy) is 1. The van der Waals surface area contributed by atoms with E-state index in [1.165, 1.54) is 0 Å². The van der Waals surface area contributed by atoms with Gasteiger partial charge in [0.2, 0.25) is 0 Å². The lowest BCUT2D eigenvalue weighted by Crippen LogP contribution is -1.97. The van der Waals surface area contributed by atoms with Gasteiger partial charge in [0.25, 0.3) is 0 Å². The van der Waals surface area contributed by atoms with Crippen LogP contribution in [0.15, 0.2) is 72.8 Å². The van der Waals surface area contributed by atoms with Crippen molar-refractivity contribution in [1.82, 2.24) is 0 Å². The summed E-state index contributed by atoms with van der Waals surface area (Å²) in [5, 5.41) is 0.508. The number of rotatable bonds is 5. The SMILES string of the molecule is CCOC(=S)C=C(C=Cc1ccccc1)c1ccccc1. The molecule has 0 aliphatic heterocycles. The Hall–Kier alpha value is -2.19. The zero-order chi connectivity index (χ0) is 14.9. The molecule has 0 saturated carbocycles. The van der Waals surface area contributed by atoms with Crippen molar-refractivity contribution in [3.05, 3.63) is 83.9 Å². The summed E-state index contributed by atoms with van der Waals surface area (Å²) in [4.78, 5) is 0. The van der Waals surface area contributed by atoms with Gasteiger partial charge < -0.3 is 4.74 Å². The van der Waals surface area contributed by atoms with Crippen LogP contribution in [-0.4, -0.2) is 11.7 Å². The third-order valence-corrected chi connectivity index (χ3v) is 3.16. The second-order valence-corrected chi connectivity index (χ2v) is 4.86. The fourth-order valence-corrected chi connectivity index (χ4v) is 2.16. The Balaban J connectivity index is 2.28. The van der Waals surface area contributed by atoms with Gasteiger partial charge in [-0.2, -0.15) is 0 Å². The second kappa shape index (κ2) is 8.18. The van der Waals surface area contributed by atoms with Crippen molar-refractivity contribution in [1.29, 1.82) is 0 Å². The van der Waals surface area contributed by atoms with Gasteiger partial charge in [0.15, 0.2) is 5.05 Å². The van der Waals surface area contributed by atoms with Gasteiger partial charge in [-0.3, -0.25) is 0 Å². The minimum absolute atomic E-state index is 0.508. The van der Waals surface area contributed by atoms with Crippen LogP contribution in [0.1, 0.15) is 18.1 Å². The molecule has 0 radical (unpaired) electrons. The zero-order valence-electron chi connectivity index (χ0n) is 12.0. The first-order valence-electron chi connectivity index (χ1n) is 6.96. The molecule has 0 atom stereocenters. The Morgan fingerprint density at radius 1 is 1.00 bits per heavy atom. The molecule has 2 aromatic carbocycles. The van der Waals surface area contributed by atoms with Crippen LogP contribution in [0.2, 0.25) is 0 Å². The van der Waals surface area contributed by atoms with E-state index in [0.717, 1.165) is 16.7 Å². The molecular weight excluding hydrogens is 276 g/mol. The van der Waals surface area contributed by atoms with Gasteiger partial charge in [0.1, 0.15) is 0 Å². The molecule has 0 saturated heterocycles. The van der Waals surface area contributed by atoms with E-state index in [9.17, 15) is 0 Å². The van der Waals surface area contributed by atoms with Gasteiger partial charge in [-0.25, -0.2) is 0 Å². The standard InChI is InChI=1S/C19H18OS/c1-2-20-19(21)15-18(17-11-7-4-8-12-17)14-13-16-9-5-3-6-10-16/h3-15H,2H2,1H3. The number of hydrogen-bond acceptors (Lipinski definition) is 2. The molecule has 0 N–H and O–H groups in total. The van der Waals surface area contributed by atoms with E-state index in [0.29, 0.717) is 11.7 Å². The van der Waals surface area contributed by atoms with Gasteiger partial charge in [0, 0.05) is 0 Å². The highest BCUT2D eigenvalue weighted by Crippen LogP contribution is 2.18. The van der Waals surface area contributed by atoms with E-state index in [4.69, 9.17) is 17.0 Å². The highest BCUT2D eigenvalue weighted by molar-refractivity contribution is 7.80. The molecule has 2 rings (SSSR count). The minimum atomic E-state index is 0.508. The maximum absolute atomic E-state index is 5.37. The largest absolute Gasteiger partial charge is 0.484 e.